The minimum Gasteiger partial charge on any atom is -0.756 e. The predicted octanol–water partition coefficient (Wildman–Crippen LogP) is 10.6. The van der Waals surface area contributed by atoms with E-state index in [1.165, 1.54) is 103 Å². The van der Waals surface area contributed by atoms with Gasteiger partial charge in [-0.25, -0.2) is 0 Å². The lowest BCUT2D eigenvalue weighted by Crippen LogP contribution is -2.51. The van der Waals surface area contributed by atoms with Gasteiger partial charge in [0.1, 0.15) is 19.3 Å². The van der Waals surface area contributed by atoms with Crippen molar-refractivity contribution in [1.29, 1.82) is 0 Å². The molecule has 0 spiro atoms. The first kappa shape index (κ1) is 53.7. The standard InChI is InChI=1S/C45H87N2O7P/c1-6-8-10-12-14-16-18-20-21-22-23-24-25-26-28-30-32-34-36-38-44(49)46-42(41-54-55(51,52)53-40-39-47(3,4)5)45(50)43(48)37-35-33-31-29-27-19-17-15-13-11-9-7-2/h15,17,20-21,29,31,42-43,45,48,50H,6-14,16,18-19,22-28,30,32-41H2,1-5H3,(H-,46,49,51,52)/b17-15+,21-20-,31-29+. The van der Waals surface area contributed by atoms with Crippen molar-refractivity contribution in [1.82, 2.24) is 5.32 Å². The summed E-state index contributed by atoms with van der Waals surface area (Å²) in [5.41, 5.74) is 0. The average molecular weight is 799 g/mol. The first-order valence-electron chi connectivity index (χ1n) is 22.4. The molecule has 4 atom stereocenters. The second kappa shape index (κ2) is 37.0. The molecule has 0 heterocycles. The van der Waals surface area contributed by atoms with Gasteiger partial charge in [-0.2, -0.15) is 0 Å². The Bertz CT molecular complexity index is 1010. The van der Waals surface area contributed by atoms with Crippen molar-refractivity contribution < 1.29 is 38.0 Å². The summed E-state index contributed by atoms with van der Waals surface area (Å²) < 4.78 is 23.1. The van der Waals surface area contributed by atoms with Crippen LogP contribution >= 0.6 is 7.82 Å². The Labute approximate surface area is 339 Å². The lowest BCUT2D eigenvalue weighted by molar-refractivity contribution is -0.870. The molecule has 0 saturated carbocycles. The molecule has 9 nitrogen and oxygen atoms in total. The number of allylic oxidation sites excluding steroid dienone is 6. The minimum absolute atomic E-state index is 0.0494. The van der Waals surface area contributed by atoms with Crippen molar-refractivity contribution in [3.05, 3.63) is 36.5 Å². The zero-order valence-corrected chi connectivity index (χ0v) is 37.1. The number of nitrogens with zero attached hydrogens (tertiary/aromatic N) is 1. The fraction of sp³-hybridized carbons (Fsp3) is 0.844. The number of hydrogen-bond acceptors (Lipinski definition) is 7. The number of phosphoric ester groups is 1. The van der Waals surface area contributed by atoms with Gasteiger partial charge in [0.2, 0.25) is 5.91 Å². The van der Waals surface area contributed by atoms with Gasteiger partial charge in [-0.3, -0.25) is 9.36 Å². The molecule has 1 amide bonds. The molecular formula is C45H87N2O7P. The molecule has 0 rings (SSSR count). The van der Waals surface area contributed by atoms with Gasteiger partial charge in [0, 0.05) is 6.42 Å². The summed E-state index contributed by atoms with van der Waals surface area (Å²) >= 11 is 0. The summed E-state index contributed by atoms with van der Waals surface area (Å²) in [6, 6.07) is -1.10. The Morgan fingerprint density at radius 2 is 1.05 bits per heavy atom. The van der Waals surface area contributed by atoms with Gasteiger partial charge in [0.25, 0.3) is 7.82 Å². The number of amides is 1. The Kier molecular flexibility index (Phi) is 36.1. The van der Waals surface area contributed by atoms with Crippen LogP contribution in [0.1, 0.15) is 187 Å². The third-order valence-electron chi connectivity index (χ3n) is 9.92. The molecule has 0 radical (unpaired) electrons. The molecule has 0 aliphatic carbocycles. The highest BCUT2D eigenvalue weighted by molar-refractivity contribution is 7.45. The average Bonchev–Trinajstić information content (AvgIpc) is 3.13. The number of phosphoric acid groups is 1. The van der Waals surface area contributed by atoms with Crippen LogP contribution in [0.15, 0.2) is 36.5 Å². The van der Waals surface area contributed by atoms with E-state index in [9.17, 15) is 24.5 Å². The zero-order chi connectivity index (χ0) is 40.9. The van der Waals surface area contributed by atoms with Crippen LogP contribution in [-0.4, -0.2) is 79.8 Å². The van der Waals surface area contributed by atoms with E-state index in [0.29, 0.717) is 30.3 Å². The maximum atomic E-state index is 12.9. The molecule has 0 aromatic rings. The largest absolute Gasteiger partial charge is 0.756 e. The molecule has 0 aromatic heterocycles. The van der Waals surface area contributed by atoms with Gasteiger partial charge in [0.05, 0.1) is 39.9 Å². The third-order valence-corrected chi connectivity index (χ3v) is 10.9. The van der Waals surface area contributed by atoms with E-state index in [1.807, 2.05) is 21.1 Å². The van der Waals surface area contributed by atoms with Gasteiger partial charge >= 0.3 is 0 Å². The SMILES string of the molecule is CCCCC/C=C/CC/C=C/CCCC(O)C(O)C(COP(=O)([O-])OCC[N+](C)(C)C)NC(=O)CCCCCCCCCCC/C=C\CCCCCCCC. The van der Waals surface area contributed by atoms with Gasteiger partial charge in [-0.1, -0.05) is 140 Å². The van der Waals surface area contributed by atoms with Crippen molar-refractivity contribution in [3.8, 4) is 0 Å². The van der Waals surface area contributed by atoms with Crippen LogP contribution in [0.4, 0.5) is 0 Å². The molecule has 0 saturated heterocycles. The van der Waals surface area contributed by atoms with E-state index < -0.39 is 32.7 Å². The van der Waals surface area contributed by atoms with Crippen molar-refractivity contribution in [3.63, 3.8) is 0 Å². The van der Waals surface area contributed by atoms with Crippen molar-refractivity contribution in [2.45, 2.75) is 205 Å². The van der Waals surface area contributed by atoms with Gasteiger partial charge in [-0.05, 0) is 77.0 Å². The number of hydrogen-bond donors (Lipinski definition) is 3. The summed E-state index contributed by atoms with van der Waals surface area (Å²) in [6.07, 6.45) is 40.4. The highest BCUT2D eigenvalue weighted by Gasteiger charge is 2.29. The molecule has 55 heavy (non-hydrogen) atoms. The van der Waals surface area contributed by atoms with Crippen LogP contribution in [-0.2, 0) is 18.4 Å². The number of carbonyl (C=O) groups is 1. The van der Waals surface area contributed by atoms with Gasteiger partial charge in [-0.15, -0.1) is 0 Å². The summed E-state index contributed by atoms with van der Waals surface area (Å²) in [5, 5.41) is 24.5. The van der Waals surface area contributed by atoms with Crippen molar-refractivity contribution in [2.24, 2.45) is 0 Å². The summed E-state index contributed by atoms with van der Waals surface area (Å²) in [6.45, 7) is 4.36. The first-order chi connectivity index (χ1) is 26.4. The number of quaternary nitrogens is 1. The quantitative estimate of drug-likeness (QED) is 0.0244. The monoisotopic (exact) mass is 799 g/mol. The van der Waals surface area contributed by atoms with E-state index >= 15 is 0 Å². The van der Waals surface area contributed by atoms with Gasteiger partial charge < -0.3 is 34.0 Å². The second-order valence-electron chi connectivity index (χ2n) is 16.5. The molecule has 4 unspecified atom stereocenters. The Hall–Kier alpha value is -1.32. The number of rotatable bonds is 40. The minimum atomic E-state index is -4.67. The third kappa shape index (κ3) is 38.0. The second-order valence-corrected chi connectivity index (χ2v) is 17.9. The number of unbranched alkanes of at least 4 members (excludes halogenated alkanes) is 20. The van der Waals surface area contributed by atoms with Crippen LogP contribution in [0.5, 0.6) is 0 Å². The van der Waals surface area contributed by atoms with E-state index in [0.717, 1.165) is 44.9 Å². The molecule has 3 N–H and O–H groups in total. The maximum Gasteiger partial charge on any atom is 0.268 e. The van der Waals surface area contributed by atoms with Crippen LogP contribution in [0.2, 0.25) is 0 Å². The van der Waals surface area contributed by atoms with Crippen LogP contribution in [0.3, 0.4) is 0 Å². The number of aliphatic hydroxyl groups is 2. The molecule has 0 aliphatic heterocycles. The summed E-state index contributed by atoms with van der Waals surface area (Å²) in [7, 11) is 1.09. The number of nitrogens with one attached hydrogen (secondary N) is 1. The smallest absolute Gasteiger partial charge is 0.268 e. The molecule has 324 valence electrons. The van der Waals surface area contributed by atoms with E-state index in [1.54, 1.807) is 0 Å². The lowest BCUT2D eigenvalue weighted by Gasteiger charge is -2.31. The first-order valence-corrected chi connectivity index (χ1v) is 23.9. The maximum absolute atomic E-state index is 12.9. The molecule has 0 bridgehead atoms. The topological polar surface area (TPSA) is 128 Å². The summed E-state index contributed by atoms with van der Waals surface area (Å²) in [4.78, 5) is 25.3. The molecule has 0 aliphatic rings. The lowest BCUT2D eigenvalue weighted by atomic mass is 10.0. The highest BCUT2D eigenvalue weighted by atomic mass is 31.2. The highest BCUT2D eigenvalue weighted by Crippen LogP contribution is 2.38. The number of aliphatic hydroxyl groups excluding tert-OH is 2. The zero-order valence-electron chi connectivity index (χ0n) is 36.2. The van der Waals surface area contributed by atoms with E-state index in [-0.39, 0.29) is 18.9 Å². The van der Waals surface area contributed by atoms with Gasteiger partial charge in [0.15, 0.2) is 0 Å². The molecule has 10 heteroatoms. The molecule has 0 aromatic carbocycles. The number of carbonyl (C=O) groups excluding carboxylic acids is 1. The predicted molar refractivity (Wildman–Crippen MR) is 230 cm³/mol. The Balaban J connectivity index is 4.50. The fourth-order valence-electron chi connectivity index (χ4n) is 6.26. The van der Waals surface area contributed by atoms with Crippen molar-refractivity contribution >= 4 is 13.7 Å². The van der Waals surface area contributed by atoms with Crippen LogP contribution < -0.4 is 10.2 Å². The van der Waals surface area contributed by atoms with Crippen molar-refractivity contribution in [2.75, 3.05) is 40.9 Å². The fourth-order valence-corrected chi connectivity index (χ4v) is 6.99. The molecular weight excluding hydrogens is 711 g/mol. The molecule has 0 fully saturated rings. The summed E-state index contributed by atoms with van der Waals surface area (Å²) in [5.74, 6) is -0.296. The van der Waals surface area contributed by atoms with Crippen LogP contribution in [0.25, 0.3) is 0 Å². The van der Waals surface area contributed by atoms with E-state index in [2.05, 4.69) is 55.6 Å². The number of likely N-dealkylation sites (N-methyl/N-ethyl adjacent to an activating group) is 1. The Morgan fingerprint density at radius 3 is 1.56 bits per heavy atom. The Morgan fingerprint density at radius 1 is 0.636 bits per heavy atom. The van der Waals surface area contributed by atoms with E-state index in [4.69, 9.17) is 9.05 Å². The normalized spacial score (nSPS) is 15.3. The van der Waals surface area contributed by atoms with Crippen LogP contribution in [0, 0.1) is 0 Å².